The first-order valence-electron chi connectivity index (χ1n) is 6.90. The monoisotopic (exact) mass is 318 g/mol. The van der Waals surface area contributed by atoms with E-state index in [0.717, 1.165) is 17.7 Å². The third kappa shape index (κ3) is 3.06. The van der Waals surface area contributed by atoms with Gasteiger partial charge in [0.25, 0.3) is 0 Å². The Morgan fingerprint density at radius 1 is 0.957 bits per heavy atom. The molecule has 0 atom stereocenters. The molecule has 0 spiro atoms. The summed E-state index contributed by atoms with van der Waals surface area (Å²) in [6.07, 6.45) is -4.41. The predicted molar refractivity (Wildman–Crippen MR) is 81.9 cm³/mol. The van der Waals surface area contributed by atoms with Gasteiger partial charge < -0.3 is 9.73 Å². The molecule has 0 aliphatic rings. The lowest BCUT2D eigenvalue weighted by Gasteiger charge is -2.06. The fraction of sp³-hybridized carbons (Fsp3) is 0.118. The number of alkyl halides is 3. The van der Waals surface area contributed by atoms with Gasteiger partial charge in [-0.15, -0.1) is 0 Å². The molecule has 0 saturated heterocycles. The Hall–Kier alpha value is -2.76. The molecule has 1 heterocycles. The number of hydrogen-bond donors (Lipinski definition) is 1. The average molecular weight is 318 g/mol. The van der Waals surface area contributed by atoms with Crippen molar-refractivity contribution in [3.63, 3.8) is 0 Å². The SMILES string of the molecule is CNc1oc(-c2cccc(C(F)(F)F)c2)nc1-c1ccccc1. The van der Waals surface area contributed by atoms with Crippen molar-refractivity contribution in [2.45, 2.75) is 6.18 Å². The zero-order valence-corrected chi connectivity index (χ0v) is 12.2. The normalized spacial score (nSPS) is 11.5. The molecule has 3 nitrogen and oxygen atoms in total. The second kappa shape index (κ2) is 5.79. The number of anilines is 1. The van der Waals surface area contributed by atoms with E-state index in [4.69, 9.17) is 4.42 Å². The molecule has 0 saturated carbocycles. The second-order valence-electron chi connectivity index (χ2n) is 4.89. The number of hydrogen-bond acceptors (Lipinski definition) is 3. The summed E-state index contributed by atoms with van der Waals surface area (Å²) in [7, 11) is 1.67. The number of aromatic nitrogens is 1. The van der Waals surface area contributed by atoms with Crippen LogP contribution in [0.3, 0.4) is 0 Å². The van der Waals surface area contributed by atoms with Crippen molar-refractivity contribution in [2.24, 2.45) is 0 Å². The first-order chi connectivity index (χ1) is 11.0. The van der Waals surface area contributed by atoms with Crippen molar-refractivity contribution >= 4 is 5.88 Å². The highest BCUT2D eigenvalue weighted by Crippen LogP contribution is 2.35. The maximum Gasteiger partial charge on any atom is 0.416 e. The maximum absolute atomic E-state index is 12.8. The summed E-state index contributed by atoms with van der Waals surface area (Å²) < 4.78 is 44.1. The van der Waals surface area contributed by atoms with E-state index in [9.17, 15) is 13.2 Å². The minimum absolute atomic E-state index is 0.138. The molecule has 0 aliphatic heterocycles. The summed E-state index contributed by atoms with van der Waals surface area (Å²) >= 11 is 0. The van der Waals surface area contributed by atoms with Gasteiger partial charge in [-0.1, -0.05) is 36.4 Å². The summed E-state index contributed by atoms with van der Waals surface area (Å²) in [6, 6.07) is 14.2. The highest BCUT2D eigenvalue weighted by molar-refractivity contribution is 5.73. The van der Waals surface area contributed by atoms with E-state index >= 15 is 0 Å². The van der Waals surface area contributed by atoms with Crippen LogP contribution < -0.4 is 5.32 Å². The Kier molecular flexibility index (Phi) is 3.82. The molecule has 1 N–H and O–H groups in total. The predicted octanol–water partition coefficient (Wildman–Crippen LogP) is 5.07. The van der Waals surface area contributed by atoms with Gasteiger partial charge in [0.15, 0.2) is 0 Å². The standard InChI is InChI=1S/C17H13F3N2O/c1-21-16-14(11-6-3-2-4-7-11)22-15(23-16)12-8-5-9-13(10-12)17(18,19)20/h2-10,21H,1H3. The van der Waals surface area contributed by atoms with E-state index < -0.39 is 11.7 Å². The summed E-state index contributed by atoms with van der Waals surface area (Å²) in [5.41, 5.74) is 0.915. The third-order valence-corrected chi connectivity index (χ3v) is 3.34. The minimum atomic E-state index is -4.41. The smallest absolute Gasteiger partial charge is 0.416 e. The van der Waals surface area contributed by atoms with Crippen LogP contribution in [0, 0.1) is 0 Å². The average Bonchev–Trinajstić information content (AvgIpc) is 2.99. The van der Waals surface area contributed by atoms with Crippen LogP contribution in [-0.2, 0) is 6.18 Å². The van der Waals surface area contributed by atoms with E-state index in [1.165, 1.54) is 12.1 Å². The fourth-order valence-electron chi connectivity index (χ4n) is 2.23. The minimum Gasteiger partial charge on any atom is -0.420 e. The lowest BCUT2D eigenvalue weighted by Crippen LogP contribution is -2.04. The summed E-state index contributed by atoms with van der Waals surface area (Å²) in [4.78, 5) is 4.35. The zero-order valence-electron chi connectivity index (χ0n) is 12.2. The molecule has 23 heavy (non-hydrogen) atoms. The number of oxazole rings is 1. The Bertz CT molecular complexity index is 810. The van der Waals surface area contributed by atoms with Crippen LogP contribution in [0.25, 0.3) is 22.7 Å². The fourth-order valence-corrected chi connectivity index (χ4v) is 2.23. The van der Waals surface area contributed by atoms with Crippen LogP contribution in [-0.4, -0.2) is 12.0 Å². The van der Waals surface area contributed by atoms with E-state index in [1.54, 1.807) is 7.05 Å². The zero-order chi connectivity index (χ0) is 16.4. The largest absolute Gasteiger partial charge is 0.420 e. The second-order valence-corrected chi connectivity index (χ2v) is 4.89. The molecule has 2 aromatic carbocycles. The van der Waals surface area contributed by atoms with Crippen molar-refractivity contribution in [2.75, 3.05) is 12.4 Å². The van der Waals surface area contributed by atoms with Gasteiger partial charge in [0.2, 0.25) is 11.8 Å². The number of rotatable bonds is 3. The molecule has 0 aliphatic carbocycles. The number of nitrogens with one attached hydrogen (secondary N) is 1. The van der Waals surface area contributed by atoms with Crippen molar-refractivity contribution in [1.29, 1.82) is 0 Å². The molecular formula is C17H13F3N2O. The van der Waals surface area contributed by atoms with Crippen molar-refractivity contribution in [3.05, 3.63) is 60.2 Å². The van der Waals surface area contributed by atoms with Crippen LogP contribution in [0.1, 0.15) is 5.56 Å². The summed E-state index contributed by atoms with van der Waals surface area (Å²) in [5.74, 6) is 0.544. The topological polar surface area (TPSA) is 38.1 Å². The Labute approximate surface area is 130 Å². The molecule has 0 bridgehead atoms. The molecule has 3 rings (SSSR count). The van der Waals surface area contributed by atoms with Gasteiger partial charge in [0.05, 0.1) is 5.56 Å². The lowest BCUT2D eigenvalue weighted by atomic mass is 10.1. The Morgan fingerprint density at radius 3 is 2.30 bits per heavy atom. The van der Waals surface area contributed by atoms with Gasteiger partial charge in [-0.25, -0.2) is 4.98 Å². The lowest BCUT2D eigenvalue weighted by molar-refractivity contribution is -0.137. The summed E-state index contributed by atoms with van der Waals surface area (Å²) in [5, 5.41) is 2.88. The molecule has 6 heteroatoms. The van der Waals surface area contributed by atoms with E-state index in [0.29, 0.717) is 11.6 Å². The van der Waals surface area contributed by atoms with Crippen LogP contribution in [0.2, 0.25) is 0 Å². The molecule has 0 amide bonds. The van der Waals surface area contributed by atoms with Gasteiger partial charge in [0, 0.05) is 18.2 Å². The Balaban J connectivity index is 2.07. The quantitative estimate of drug-likeness (QED) is 0.733. The van der Waals surface area contributed by atoms with Crippen LogP contribution in [0.15, 0.2) is 59.0 Å². The number of benzene rings is 2. The van der Waals surface area contributed by atoms with E-state index in [1.807, 2.05) is 30.3 Å². The van der Waals surface area contributed by atoms with Crippen LogP contribution >= 0.6 is 0 Å². The molecule has 3 aromatic rings. The van der Waals surface area contributed by atoms with Gasteiger partial charge in [-0.2, -0.15) is 13.2 Å². The third-order valence-electron chi connectivity index (χ3n) is 3.34. The maximum atomic E-state index is 12.8. The molecule has 118 valence electrons. The first kappa shape index (κ1) is 15.1. The molecule has 1 aromatic heterocycles. The number of nitrogens with zero attached hydrogens (tertiary/aromatic N) is 1. The molecular weight excluding hydrogens is 305 g/mol. The van der Waals surface area contributed by atoms with Crippen molar-refractivity contribution < 1.29 is 17.6 Å². The Morgan fingerprint density at radius 2 is 1.65 bits per heavy atom. The molecule has 0 unspecified atom stereocenters. The molecule has 0 radical (unpaired) electrons. The highest BCUT2D eigenvalue weighted by atomic mass is 19.4. The van der Waals surface area contributed by atoms with E-state index in [-0.39, 0.29) is 11.5 Å². The van der Waals surface area contributed by atoms with Crippen LogP contribution in [0.4, 0.5) is 19.1 Å². The van der Waals surface area contributed by atoms with Gasteiger partial charge >= 0.3 is 6.18 Å². The van der Waals surface area contributed by atoms with Gasteiger partial charge in [0.1, 0.15) is 5.69 Å². The van der Waals surface area contributed by atoms with Crippen molar-refractivity contribution in [3.8, 4) is 22.7 Å². The van der Waals surface area contributed by atoms with Crippen molar-refractivity contribution in [1.82, 2.24) is 4.98 Å². The highest BCUT2D eigenvalue weighted by Gasteiger charge is 2.31. The summed E-state index contributed by atoms with van der Waals surface area (Å²) in [6.45, 7) is 0. The van der Waals surface area contributed by atoms with Crippen LogP contribution in [0.5, 0.6) is 0 Å². The first-order valence-corrected chi connectivity index (χ1v) is 6.90. The van der Waals surface area contributed by atoms with Gasteiger partial charge in [-0.3, -0.25) is 0 Å². The molecule has 0 fully saturated rings. The van der Waals surface area contributed by atoms with E-state index in [2.05, 4.69) is 10.3 Å². The van der Waals surface area contributed by atoms with Gasteiger partial charge in [-0.05, 0) is 18.2 Å². The number of halogens is 3.